The van der Waals surface area contributed by atoms with Gasteiger partial charge in [-0.25, -0.2) is 0 Å². The number of ether oxygens (including phenoxy) is 2. The predicted molar refractivity (Wildman–Crippen MR) is 73.5 cm³/mol. The first-order valence-corrected chi connectivity index (χ1v) is 8.22. The molecule has 1 saturated heterocycles. The van der Waals surface area contributed by atoms with Gasteiger partial charge in [-0.1, -0.05) is 19.8 Å². The summed E-state index contributed by atoms with van der Waals surface area (Å²) in [5.41, 5.74) is 0. The van der Waals surface area contributed by atoms with Gasteiger partial charge < -0.3 is 9.47 Å². The minimum absolute atomic E-state index is 0.0667. The van der Waals surface area contributed by atoms with Crippen molar-refractivity contribution in [1.29, 1.82) is 0 Å². The van der Waals surface area contributed by atoms with Crippen LogP contribution in [-0.2, 0) is 9.47 Å². The Morgan fingerprint density at radius 2 is 1.58 bits per heavy atom. The largest absolute Gasteiger partial charge is 0.460 e. The average molecular weight is 404 g/mol. The number of alkyl halides is 9. The van der Waals surface area contributed by atoms with Crippen molar-refractivity contribution in [2.75, 3.05) is 13.2 Å². The zero-order chi connectivity index (χ0) is 20.2. The fraction of sp³-hybridized carbons (Fsp3) is 1.00. The molecular weight excluding hydrogens is 383 g/mol. The monoisotopic (exact) mass is 404 g/mol. The Balaban J connectivity index is 3.00. The summed E-state index contributed by atoms with van der Waals surface area (Å²) in [6.45, 7) is 0.674. The third-order valence-corrected chi connectivity index (χ3v) is 4.21. The summed E-state index contributed by atoms with van der Waals surface area (Å²) in [5, 5.41) is 0. The van der Waals surface area contributed by atoms with E-state index in [4.69, 9.17) is 9.47 Å². The van der Waals surface area contributed by atoms with Crippen molar-refractivity contribution >= 4 is 0 Å². The lowest BCUT2D eigenvalue weighted by molar-refractivity contribution is -0.405. The summed E-state index contributed by atoms with van der Waals surface area (Å²) >= 11 is 0. The van der Waals surface area contributed by atoms with E-state index in [1.807, 2.05) is 0 Å². The Morgan fingerprint density at radius 3 is 2.04 bits per heavy atom. The number of rotatable bonds is 9. The van der Waals surface area contributed by atoms with Crippen LogP contribution >= 0.6 is 0 Å². The van der Waals surface area contributed by atoms with Crippen LogP contribution in [0.2, 0.25) is 0 Å². The molecule has 0 N–H and O–H groups in total. The molecule has 0 aromatic heterocycles. The van der Waals surface area contributed by atoms with E-state index in [0.717, 1.165) is 0 Å². The highest BCUT2D eigenvalue weighted by molar-refractivity contribution is 5.03. The molecule has 0 bridgehead atoms. The predicted octanol–water partition coefficient (Wildman–Crippen LogP) is 5.80. The average Bonchev–Trinajstić information content (AvgIpc) is 2.54. The quantitative estimate of drug-likeness (QED) is 0.452. The molecule has 0 aromatic rings. The van der Waals surface area contributed by atoms with Crippen LogP contribution in [-0.4, -0.2) is 43.4 Å². The number of halogens is 9. The minimum Gasteiger partial charge on any atom is -0.353 e. The molecule has 156 valence electrons. The summed E-state index contributed by atoms with van der Waals surface area (Å²) in [6.07, 6.45) is -6.69. The van der Waals surface area contributed by atoms with Crippen LogP contribution in [0.15, 0.2) is 0 Å². The van der Waals surface area contributed by atoms with Crippen LogP contribution in [0.25, 0.3) is 0 Å². The van der Waals surface area contributed by atoms with Gasteiger partial charge in [-0.05, 0) is 25.7 Å². The summed E-state index contributed by atoms with van der Waals surface area (Å²) in [4.78, 5) is 0. The Morgan fingerprint density at radius 1 is 0.962 bits per heavy atom. The molecule has 0 saturated carbocycles. The van der Waals surface area contributed by atoms with Crippen LogP contribution in [0.3, 0.4) is 0 Å². The fourth-order valence-electron chi connectivity index (χ4n) is 2.53. The van der Waals surface area contributed by atoms with Gasteiger partial charge in [0.2, 0.25) is 0 Å². The normalized spacial score (nSPS) is 21.7. The first-order chi connectivity index (χ1) is 11.8. The summed E-state index contributed by atoms with van der Waals surface area (Å²) in [6, 6.07) is 0. The van der Waals surface area contributed by atoms with Crippen molar-refractivity contribution < 1.29 is 49.0 Å². The lowest BCUT2D eigenvalue weighted by atomic mass is 9.88. The van der Waals surface area contributed by atoms with Crippen LogP contribution in [0.1, 0.15) is 45.4 Å². The van der Waals surface area contributed by atoms with Crippen molar-refractivity contribution in [1.82, 2.24) is 0 Å². The molecule has 0 spiro atoms. The molecule has 1 aliphatic rings. The fourth-order valence-corrected chi connectivity index (χ4v) is 2.53. The number of hydrogen-bond acceptors (Lipinski definition) is 2. The van der Waals surface area contributed by atoms with Gasteiger partial charge >= 0.3 is 23.9 Å². The Bertz CT molecular complexity index is 431. The Hall–Kier alpha value is -0.710. The van der Waals surface area contributed by atoms with Gasteiger partial charge in [0, 0.05) is 6.61 Å². The van der Waals surface area contributed by atoms with E-state index in [9.17, 15) is 39.5 Å². The molecule has 2 atom stereocenters. The number of unbranched alkanes of at least 4 members (excludes halogenated alkanes) is 1. The molecule has 0 aliphatic carbocycles. The smallest absolute Gasteiger partial charge is 0.353 e. The molecule has 0 aromatic carbocycles. The van der Waals surface area contributed by atoms with Crippen LogP contribution in [0.4, 0.5) is 39.5 Å². The molecule has 2 unspecified atom stereocenters. The molecule has 1 rings (SSSR count). The van der Waals surface area contributed by atoms with Gasteiger partial charge in [-0.15, -0.1) is 0 Å². The van der Waals surface area contributed by atoms with Gasteiger partial charge in [-0.3, -0.25) is 0 Å². The SMILES string of the molecule is CCCCC(COC1CCCCO1)C(F)(F)C(F)(F)C(F)(F)C(F)(F)F. The van der Waals surface area contributed by atoms with Crippen molar-refractivity contribution in [2.24, 2.45) is 5.92 Å². The van der Waals surface area contributed by atoms with Gasteiger partial charge in [0.25, 0.3) is 0 Å². The Kier molecular flexibility index (Phi) is 7.66. The van der Waals surface area contributed by atoms with Gasteiger partial charge in [0.1, 0.15) is 0 Å². The topological polar surface area (TPSA) is 18.5 Å². The number of hydrogen-bond donors (Lipinski definition) is 0. The summed E-state index contributed by atoms with van der Waals surface area (Å²) < 4.78 is 128. The first-order valence-electron chi connectivity index (χ1n) is 8.22. The standard InChI is InChI=1S/C15H21F9O2/c1-2-3-6-10(9-26-11-7-4-5-8-25-11)12(16,17)13(18,19)14(20,21)15(22,23)24/h10-11H,2-9H2,1H3. The Labute approximate surface area is 145 Å². The summed E-state index contributed by atoms with van der Waals surface area (Å²) in [7, 11) is 0. The van der Waals surface area contributed by atoms with Gasteiger partial charge in [-0.2, -0.15) is 39.5 Å². The van der Waals surface area contributed by atoms with E-state index in [0.29, 0.717) is 19.3 Å². The molecular formula is C15H21F9O2. The zero-order valence-corrected chi connectivity index (χ0v) is 14.0. The van der Waals surface area contributed by atoms with Crippen LogP contribution < -0.4 is 0 Å². The third-order valence-electron chi connectivity index (χ3n) is 4.21. The van der Waals surface area contributed by atoms with E-state index < -0.39 is 49.2 Å². The lowest BCUT2D eigenvalue weighted by Crippen LogP contribution is -2.63. The van der Waals surface area contributed by atoms with E-state index in [1.54, 1.807) is 0 Å². The second kappa shape index (κ2) is 8.53. The van der Waals surface area contributed by atoms with Crippen molar-refractivity contribution in [3.05, 3.63) is 0 Å². The maximum atomic E-state index is 14.1. The molecule has 0 radical (unpaired) electrons. The first kappa shape index (κ1) is 23.3. The van der Waals surface area contributed by atoms with Gasteiger partial charge in [0.15, 0.2) is 6.29 Å². The molecule has 11 heteroatoms. The molecule has 1 fully saturated rings. The zero-order valence-electron chi connectivity index (χ0n) is 14.0. The maximum Gasteiger partial charge on any atom is 0.460 e. The highest BCUT2D eigenvalue weighted by atomic mass is 19.4. The minimum atomic E-state index is -6.88. The molecule has 0 amide bonds. The molecule has 2 nitrogen and oxygen atoms in total. The molecule has 1 heterocycles. The van der Waals surface area contributed by atoms with E-state index >= 15 is 0 Å². The highest BCUT2D eigenvalue weighted by Gasteiger charge is 2.82. The van der Waals surface area contributed by atoms with Crippen LogP contribution in [0.5, 0.6) is 0 Å². The lowest BCUT2D eigenvalue weighted by Gasteiger charge is -2.38. The van der Waals surface area contributed by atoms with E-state index in [1.165, 1.54) is 6.92 Å². The second-order valence-electron chi connectivity index (χ2n) is 6.24. The highest BCUT2D eigenvalue weighted by Crippen LogP contribution is 2.55. The molecule has 26 heavy (non-hydrogen) atoms. The third kappa shape index (κ3) is 4.76. The van der Waals surface area contributed by atoms with E-state index in [-0.39, 0.29) is 19.4 Å². The maximum absolute atomic E-state index is 14.1. The van der Waals surface area contributed by atoms with E-state index in [2.05, 4.69) is 0 Å². The second-order valence-corrected chi connectivity index (χ2v) is 6.24. The van der Waals surface area contributed by atoms with Crippen molar-refractivity contribution in [3.8, 4) is 0 Å². The van der Waals surface area contributed by atoms with Crippen molar-refractivity contribution in [2.45, 2.75) is 75.7 Å². The van der Waals surface area contributed by atoms with Gasteiger partial charge in [0.05, 0.1) is 12.5 Å². The van der Waals surface area contributed by atoms with Crippen LogP contribution in [0, 0.1) is 5.92 Å². The summed E-state index contributed by atoms with van der Waals surface area (Å²) in [5.74, 6) is -21.6. The molecule has 1 aliphatic heterocycles. The van der Waals surface area contributed by atoms with Crippen molar-refractivity contribution in [3.63, 3.8) is 0 Å².